The van der Waals surface area contributed by atoms with Crippen LogP contribution in [0, 0.1) is 5.82 Å². The molecule has 6 heteroatoms. The molecule has 3 rings (SSSR count). The van der Waals surface area contributed by atoms with Crippen LogP contribution >= 0.6 is 11.6 Å². The molecule has 2 aromatic rings. The zero-order chi connectivity index (χ0) is 18.4. The normalized spacial score (nSPS) is 17.6. The van der Waals surface area contributed by atoms with Crippen molar-refractivity contribution < 1.29 is 18.5 Å². The molecule has 0 saturated heterocycles. The number of hydrogen-bond donors (Lipinski definition) is 0. The van der Waals surface area contributed by atoms with Crippen LogP contribution in [0.2, 0.25) is 5.02 Å². The molecule has 130 valence electrons. The van der Waals surface area contributed by atoms with E-state index in [0.29, 0.717) is 21.7 Å². The molecule has 1 atom stereocenters. The zero-order valence-electron chi connectivity index (χ0n) is 13.9. The van der Waals surface area contributed by atoms with Gasteiger partial charge in [-0.15, -0.1) is 0 Å². The highest BCUT2D eigenvalue weighted by molar-refractivity contribution is 7.90. The Bertz CT molecular complexity index is 890. The number of rotatable bonds is 3. The lowest BCUT2D eigenvalue weighted by atomic mass is 9.92. The van der Waals surface area contributed by atoms with E-state index < -0.39 is 22.6 Å². The smallest absolute Gasteiger partial charge is 0.210 e. The number of ketones is 1. The van der Waals surface area contributed by atoms with Crippen LogP contribution in [0.1, 0.15) is 25.0 Å². The van der Waals surface area contributed by atoms with E-state index in [9.17, 15) is 13.7 Å². The zero-order valence-corrected chi connectivity index (χ0v) is 15.5. The van der Waals surface area contributed by atoms with Crippen molar-refractivity contribution in [1.29, 1.82) is 0 Å². The van der Waals surface area contributed by atoms with Crippen LogP contribution in [0.5, 0.6) is 0 Å². The SMILES string of the molecule is C[S+]([O-])c1ccc(C2=C(c3ccccc3Cl)C(=O)C(C)(C)O2)cc1F. The van der Waals surface area contributed by atoms with E-state index >= 15 is 0 Å². The predicted molar refractivity (Wildman–Crippen MR) is 97.2 cm³/mol. The first-order valence-corrected chi connectivity index (χ1v) is 9.52. The molecule has 0 fully saturated rings. The van der Waals surface area contributed by atoms with Crippen molar-refractivity contribution >= 4 is 39.9 Å². The highest BCUT2D eigenvalue weighted by Crippen LogP contribution is 2.43. The first-order chi connectivity index (χ1) is 11.7. The van der Waals surface area contributed by atoms with E-state index in [1.807, 2.05) is 0 Å². The predicted octanol–water partition coefficient (Wildman–Crippen LogP) is 4.46. The molecule has 0 amide bonds. The Morgan fingerprint density at radius 2 is 1.88 bits per heavy atom. The summed E-state index contributed by atoms with van der Waals surface area (Å²) in [6.45, 7) is 3.32. The van der Waals surface area contributed by atoms with Gasteiger partial charge in [0, 0.05) is 16.1 Å². The van der Waals surface area contributed by atoms with Gasteiger partial charge in [-0.25, -0.2) is 4.39 Å². The minimum atomic E-state index is -1.44. The van der Waals surface area contributed by atoms with E-state index in [0.717, 1.165) is 0 Å². The molecule has 0 aromatic heterocycles. The number of Topliss-reactive ketones (excluding diaryl/α,β-unsaturated/α-hetero) is 1. The van der Waals surface area contributed by atoms with Crippen LogP contribution in [-0.2, 0) is 20.7 Å². The maximum Gasteiger partial charge on any atom is 0.210 e. The van der Waals surface area contributed by atoms with Gasteiger partial charge in [-0.05, 0) is 49.3 Å². The fourth-order valence-corrected chi connectivity index (χ4v) is 3.57. The van der Waals surface area contributed by atoms with Crippen molar-refractivity contribution in [2.45, 2.75) is 24.3 Å². The first kappa shape index (κ1) is 18.0. The van der Waals surface area contributed by atoms with E-state index in [2.05, 4.69) is 0 Å². The first-order valence-electron chi connectivity index (χ1n) is 7.58. The maximum atomic E-state index is 14.3. The summed E-state index contributed by atoms with van der Waals surface area (Å²) in [6.07, 6.45) is 1.41. The largest absolute Gasteiger partial charge is 0.612 e. The van der Waals surface area contributed by atoms with Crippen molar-refractivity contribution in [2.24, 2.45) is 0 Å². The van der Waals surface area contributed by atoms with Gasteiger partial charge in [0.2, 0.25) is 5.78 Å². The van der Waals surface area contributed by atoms with Crippen molar-refractivity contribution in [3.8, 4) is 0 Å². The van der Waals surface area contributed by atoms with Gasteiger partial charge in [-0.2, -0.15) is 0 Å². The lowest BCUT2D eigenvalue weighted by molar-refractivity contribution is -0.125. The van der Waals surface area contributed by atoms with Crippen LogP contribution in [-0.4, -0.2) is 22.2 Å². The maximum absolute atomic E-state index is 14.3. The topological polar surface area (TPSA) is 49.4 Å². The molecular formula is C19H16ClFO3S. The Kier molecular flexibility index (Phi) is 4.66. The third-order valence-corrected chi connectivity index (χ3v) is 5.29. The second kappa shape index (κ2) is 6.48. The molecule has 1 heterocycles. The summed E-state index contributed by atoms with van der Waals surface area (Å²) in [5.41, 5.74) is 0.186. The van der Waals surface area contributed by atoms with E-state index in [1.165, 1.54) is 18.4 Å². The summed E-state index contributed by atoms with van der Waals surface area (Å²) in [6, 6.07) is 11.2. The molecule has 25 heavy (non-hydrogen) atoms. The fourth-order valence-electron chi connectivity index (χ4n) is 2.74. The number of benzene rings is 2. The van der Waals surface area contributed by atoms with Crippen molar-refractivity contribution in [3.63, 3.8) is 0 Å². The van der Waals surface area contributed by atoms with Gasteiger partial charge in [-0.3, -0.25) is 4.79 Å². The molecule has 1 unspecified atom stereocenters. The van der Waals surface area contributed by atoms with Crippen LogP contribution < -0.4 is 0 Å². The number of halogens is 2. The Morgan fingerprint density at radius 3 is 2.48 bits per heavy atom. The number of hydrogen-bond acceptors (Lipinski definition) is 3. The van der Waals surface area contributed by atoms with Gasteiger partial charge in [0.1, 0.15) is 12.0 Å². The summed E-state index contributed by atoms with van der Waals surface area (Å²) in [5, 5.41) is 0.413. The Hall–Kier alpha value is -1.82. The second-order valence-corrected chi connectivity index (χ2v) is 7.98. The fraction of sp³-hybridized carbons (Fsp3) is 0.211. The molecule has 3 nitrogen and oxygen atoms in total. The summed E-state index contributed by atoms with van der Waals surface area (Å²) in [4.78, 5) is 12.9. The third-order valence-electron chi connectivity index (χ3n) is 4.01. The van der Waals surface area contributed by atoms with E-state index in [1.54, 1.807) is 44.2 Å². The number of carbonyl (C=O) groups is 1. The second-order valence-electron chi connectivity index (χ2n) is 6.22. The van der Waals surface area contributed by atoms with E-state index in [-0.39, 0.29) is 16.4 Å². The lowest BCUT2D eigenvalue weighted by Crippen LogP contribution is -2.29. The molecule has 0 radical (unpaired) electrons. The van der Waals surface area contributed by atoms with E-state index in [4.69, 9.17) is 16.3 Å². The standard InChI is InChI=1S/C19H16ClFO3S/c1-19(2)18(22)16(12-6-4-5-7-13(12)20)17(24-19)11-8-9-15(25(3)23)14(21)10-11/h4-10H,1-3H3. The molecule has 0 N–H and O–H groups in total. The molecule has 0 bridgehead atoms. The average molecular weight is 379 g/mol. The summed E-state index contributed by atoms with van der Waals surface area (Å²) in [5.74, 6) is -0.556. The average Bonchev–Trinajstić information content (AvgIpc) is 2.78. The minimum absolute atomic E-state index is 0.104. The van der Waals surface area contributed by atoms with Crippen molar-refractivity contribution in [3.05, 3.63) is 64.4 Å². The van der Waals surface area contributed by atoms with Gasteiger partial charge < -0.3 is 9.29 Å². The van der Waals surface area contributed by atoms with Gasteiger partial charge >= 0.3 is 0 Å². The monoisotopic (exact) mass is 378 g/mol. The number of carbonyl (C=O) groups excluding carboxylic acids is 1. The molecule has 0 aliphatic carbocycles. The van der Waals surface area contributed by atoms with Crippen LogP contribution in [0.15, 0.2) is 47.4 Å². The Morgan fingerprint density at radius 1 is 1.20 bits per heavy atom. The lowest BCUT2D eigenvalue weighted by Gasteiger charge is -2.18. The summed E-state index contributed by atoms with van der Waals surface area (Å²) < 4.78 is 31.7. The molecule has 0 saturated carbocycles. The number of ether oxygens (including phenoxy) is 1. The van der Waals surface area contributed by atoms with Crippen LogP contribution in [0.4, 0.5) is 4.39 Å². The summed E-state index contributed by atoms with van der Waals surface area (Å²) >= 11 is 4.82. The van der Waals surface area contributed by atoms with Crippen molar-refractivity contribution in [2.75, 3.05) is 6.26 Å². The Labute approximate surface area is 153 Å². The van der Waals surface area contributed by atoms with Gasteiger partial charge in [-0.1, -0.05) is 29.8 Å². The summed E-state index contributed by atoms with van der Waals surface area (Å²) in [7, 11) is 0. The Balaban J connectivity index is 2.21. The quantitative estimate of drug-likeness (QED) is 0.741. The van der Waals surface area contributed by atoms with Crippen LogP contribution in [0.25, 0.3) is 11.3 Å². The van der Waals surface area contributed by atoms with Crippen LogP contribution in [0.3, 0.4) is 0 Å². The highest BCUT2D eigenvalue weighted by atomic mass is 35.5. The van der Waals surface area contributed by atoms with Gasteiger partial charge in [0.05, 0.1) is 5.57 Å². The molecule has 2 aromatic carbocycles. The minimum Gasteiger partial charge on any atom is -0.612 e. The molecular weight excluding hydrogens is 363 g/mol. The van der Waals surface area contributed by atoms with Crippen molar-refractivity contribution in [1.82, 2.24) is 0 Å². The van der Waals surface area contributed by atoms with Gasteiger partial charge in [0.25, 0.3) is 0 Å². The molecule has 1 aliphatic rings. The van der Waals surface area contributed by atoms with Gasteiger partial charge in [0.15, 0.2) is 16.3 Å². The third kappa shape index (κ3) is 3.19. The highest BCUT2D eigenvalue weighted by Gasteiger charge is 2.43. The molecule has 1 aliphatic heterocycles. The molecule has 0 spiro atoms.